The number of benzene rings is 2. The first-order chi connectivity index (χ1) is 14.0. The Balaban J connectivity index is 1.85. The van der Waals surface area contributed by atoms with Crippen molar-refractivity contribution in [2.75, 3.05) is 33.8 Å². The molecule has 0 fully saturated rings. The maximum atomic E-state index is 12.7. The Morgan fingerprint density at radius 2 is 1.62 bits per heavy atom. The molecule has 0 atom stereocenters. The number of carbonyl (C=O) groups excluding carboxylic acids is 1. The molecular formula is C20H19ClN2O5S. The number of rotatable bonds is 7. The second-order valence-electron chi connectivity index (χ2n) is 5.75. The van der Waals surface area contributed by atoms with E-state index in [9.17, 15) is 4.79 Å². The zero-order valence-electron chi connectivity index (χ0n) is 16.2. The first-order valence-corrected chi connectivity index (χ1v) is 9.67. The quantitative estimate of drug-likeness (QED) is 0.578. The van der Waals surface area contributed by atoms with Gasteiger partial charge in [-0.05, 0) is 18.2 Å². The summed E-state index contributed by atoms with van der Waals surface area (Å²) in [5.41, 5.74) is 1.52. The minimum atomic E-state index is -0.379. The Labute approximate surface area is 177 Å². The summed E-state index contributed by atoms with van der Waals surface area (Å²) >= 11 is 7.45. The van der Waals surface area contributed by atoms with Gasteiger partial charge in [0.25, 0.3) is 5.91 Å². The summed E-state index contributed by atoms with van der Waals surface area (Å²) in [7, 11) is 6.13. The summed E-state index contributed by atoms with van der Waals surface area (Å²) < 4.78 is 21.1. The Morgan fingerprint density at radius 1 is 0.931 bits per heavy atom. The number of nitrogens with zero attached hydrogens (tertiary/aromatic N) is 1. The molecule has 7 nitrogen and oxygen atoms in total. The van der Waals surface area contributed by atoms with Gasteiger partial charge >= 0.3 is 0 Å². The van der Waals surface area contributed by atoms with Gasteiger partial charge in [0.05, 0.1) is 39.1 Å². The fourth-order valence-electron chi connectivity index (χ4n) is 2.62. The van der Waals surface area contributed by atoms with Crippen molar-refractivity contribution in [3.8, 4) is 33.6 Å². The van der Waals surface area contributed by atoms with Crippen LogP contribution >= 0.6 is 22.9 Å². The number of hydrogen-bond acceptors (Lipinski definition) is 7. The second-order valence-corrected chi connectivity index (χ2v) is 7.01. The molecule has 0 bridgehead atoms. The number of methoxy groups -OCH3 is 4. The molecule has 0 aliphatic heterocycles. The summed E-state index contributed by atoms with van der Waals surface area (Å²) in [6.45, 7) is 0. The van der Waals surface area contributed by atoms with Gasteiger partial charge in [-0.2, -0.15) is 0 Å². The van der Waals surface area contributed by atoms with Crippen molar-refractivity contribution in [3.63, 3.8) is 0 Å². The maximum absolute atomic E-state index is 12.7. The van der Waals surface area contributed by atoms with Crippen LogP contribution in [0.25, 0.3) is 10.6 Å². The van der Waals surface area contributed by atoms with Crippen molar-refractivity contribution in [3.05, 3.63) is 46.4 Å². The average Bonchev–Trinajstić information content (AvgIpc) is 3.24. The first kappa shape index (κ1) is 20.8. The number of carbonyl (C=O) groups is 1. The van der Waals surface area contributed by atoms with Gasteiger partial charge in [-0.25, -0.2) is 4.98 Å². The van der Waals surface area contributed by atoms with Crippen molar-refractivity contribution in [2.45, 2.75) is 0 Å². The lowest BCUT2D eigenvalue weighted by atomic mass is 10.2. The molecule has 29 heavy (non-hydrogen) atoms. The Bertz CT molecular complexity index is 1040. The van der Waals surface area contributed by atoms with Gasteiger partial charge < -0.3 is 24.3 Å². The lowest BCUT2D eigenvalue weighted by Gasteiger charge is -2.12. The second kappa shape index (κ2) is 9.02. The average molecular weight is 435 g/mol. The SMILES string of the molecule is COc1cc(NC(=O)c2csc(-c3ccc(OC)c(OC)c3)n2)c(OC)cc1Cl. The molecule has 0 radical (unpaired) electrons. The van der Waals surface area contributed by atoms with Crippen LogP contribution in [0.1, 0.15) is 10.5 Å². The van der Waals surface area contributed by atoms with Gasteiger partial charge in [0.15, 0.2) is 11.5 Å². The van der Waals surface area contributed by atoms with Gasteiger partial charge in [0.2, 0.25) is 0 Å². The Morgan fingerprint density at radius 3 is 2.28 bits per heavy atom. The van der Waals surface area contributed by atoms with Crippen molar-refractivity contribution < 1.29 is 23.7 Å². The van der Waals surface area contributed by atoms with Gasteiger partial charge in [-0.3, -0.25) is 4.79 Å². The Hall–Kier alpha value is -2.97. The predicted octanol–water partition coefficient (Wildman–Crippen LogP) is 4.75. The van der Waals surface area contributed by atoms with Crippen LogP contribution in [0.2, 0.25) is 5.02 Å². The van der Waals surface area contributed by atoms with Gasteiger partial charge in [-0.1, -0.05) is 11.6 Å². The molecule has 1 aromatic heterocycles. The highest BCUT2D eigenvalue weighted by Gasteiger charge is 2.17. The van der Waals surface area contributed by atoms with Gasteiger partial charge in [0.1, 0.15) is 22.2 Å². The smallest absolute Gasteiger partial charge is 0.275 e. The molecule has 9 heteroatoms. The van der Waals surface area contributed by atoms with E-state index in [-0.39, 0.29) is 11.6 Å². The van der Waals surface area contributed by atoms with E-state index in [2.05, 4.69) is 10.3 Å². The van der Waals surface area contributed by atoms with Crippen LogP contribution in [0.3, 0.4) is 0 Å². The van der Waals surface area contributed by atoms with E-state index >= 15 is 0 Å². The molecule has 0 unspecified atom stereocenters. The zero-order chi connectivity index (χ0) is 21.0. The van der Waals surface area contributed by atoms with E-state index in [0.717, 1.165) is 5.56 Å². The molecular weight excluding hydrogens is 416 g/mol. The van der Waals surface area contributed by atoms with Crippen LogP contribution in [0, 0.1) is 0 Å². The maximum Gasteiger partial charge on any atom is 0.275 e. The molecule has 1 amide bonds. The molecule has 152 valence electrons. The number of hydrogen-bond donors (Lipinski definition) is 1. The van der Waals surface area contributed by atoms with Crippen LogP contribution in [0.5, 0.6) is 23.0 Å². The molecule has 0 aliphatic rings. The van der Waals surface area contributed by atoms with Crippen molar-refractivity contribution in [1.29, 1.82) is 0 Å². The summed E-state index contributed by atoms with van der Waals surface area (Å²) in [4.78, 5) is 17.1. The molecule has 2 aromatic carbocycles. The van der Waals surface area contributed by atoms with Crippen molar-refractivity contribution in [2.24, 2.45) is 0 Å². The number of ether oxygens (including phenoxy) is 4. The number of thiazole rings is 1. The third-order valence-corrected chi connectivity index (χ3v) is 5.28. The fourth-order valence-corrected chi connectivity index (χ4v) is 3.65. The normalized spacial score (nSPS) is 10.4. The minimum absolute atomic E-state index is 0.274. The zero-order valence-corrected chi connectivity index (χ0v) is 17.8. The minimum Gasteiger partial charge on any atom is -0.495 e. The monoisotopic (exact) mass is 434 g/mol. The molecule has 1 heterocycles. The third-order valence-electron chi connectivity index (χ3n) is 4.09. The van der Waals surface area contributed by atoms with Crippen LogP contribution in [0.4, 0.5) is 5.69 Å². The van der Waals surface area contributed by atoms with E-state index in [0.29, 0.717) is 38.7 Å². The number of halogens is 1. The molecule has 1 N–H and O–H groups in total. The first-order valence-electron chi connectivity index (χ1n) is 8.41. The number of aromatic nitrogens is 1. The molecule has 3 aromatic rings. The van der Waals surface area contributed by atoms with E-state index in [1.54, 1.807) is 37.8 Å². The summed E-state index contributed by atoms with van der Waals surface area (Å²) in [5, 5.41) is 5.52. The van der Waals surface area contributed by atoms with Gasteiger partial charge in [-0.15, -0.1) is 11.3 Å². The highest BCUT2D eigenvalue weighted by molar-refractivity contribution is 7.13. The van der Waals surface area contributed by atoms with Crippen molar-refractivity contribution in [1.82, 2.24) is 4.98 Å². The molecule has 0 spiro atoms. The molecule has 0 aliphatic carbocycles. The predicted molar refractivity (Wildman–Crippen MR) is 113 cm³/mol. The Kier molecular flexibility index (Phi) is 6.46. The molecule has 0 saturated heterocycles. The van der Waals surface area contributed by atoms with E-state index in [4.69, 9.17) is 30.5 Å². The van der Waals surface area contributed by atoms with Crippen LogP contribution < -0.4 is 24.3 Å². The highest BCUT2D eigenvalue weighted by atomic mass is 35.5. The van der Waals surface area contributed by atoms with Crippen molar-refractivity contribution >= 4 is 34.5 Å². The molecule has 0 saturated carbocycles. The van der Waals surface area contributed by atoms with E-state index < -0.39 is 0 Å². The lowest BCUT2D eigenvalue weighted by molar-refractivity contribution is 0.102. The van der Waals surface area contributed by atoms with Crippen LogP contribution in [-0.2, 0) is 0 Å². The third kappa shape index (κ3) is 4.38. The number of amides is 1. The summed E-state index contributed by atoms with van der Waals surface area (Å²) in [5.74, 6) is 1.67. The fraction of sp³-hybridized carbons (Fsp3) is 0.200. The van der Waals surface area contributed by atoms with Crippen LogP contribution in [-0.4, -0.2) is 39.3 Å². The highest BCUT2D eigenvalue weighted by Crippen LogP contribution is 2.37. The summed E-state index contributed by atoms with van der Waals surface area (Å²) in [6, 6.07) is 8.63. The standard InChI is InChI=1S/C20H19ClN2O5S/c1-25-15-6-5-11(7-18(15)28-4)20-23-14(10-29-20)19(24)22-13-9-16(26-2)12(21)8-17(13)27-3/h5-10H,1-4H3,(H,22,24). The van der Waals surface area contributed by atoms with E-state index in [1.165, 1.54) is 25.6 Å². The lowest BCUT2D eigenvalue weighted by Crippen LogP contribution is -2.13. The van der Waals surface area contributed by atoms with Crippen LogP contribution in [0.15, 0.2) is 35.7 Å². The molecule has 3 rings (SSSR count). The number of anilines is 1. The topological polar surface area (TPSA) is 78.9 Å². The van der Waals surface area contributed by atoms with Gasteiger partial charge in [0, 0.05) is 23.1 Å². The van der Waals surface area contributed by atoms with E-state index in [1.807, 2.05) is 12.1 Å². The largest absolute Gasteiger partial charge is 0.495 e. The summed E-state index contributed by atoms with van der Waals surface area (Å²) in [6.07, 6.45) is 0. The number of nitrogens with one attached hydrogen (secondary N) is 1.